The summed E-state index contributed by atoms with van der Waals surface area (Å²) < 4.78 is 27.0. The van der Waals surface area contributed by atoms with Gasteiger partial charge in [0, 0.05) is 20.3 Å². The minimum atomic E-state index is -3.63. The van der Waals surface area contributed by atoms with Gasteiger partial charge in [-0.15, -0.1) is 0 Å². The second-order valence-corrected chi connectivity index (χ2v) is 6.35. The van der Waals surface area contributed by atoms with Crippen LogP contribution in [0.5, 0.6) is 0 Å². The second kappa shape index (κ2) is 5.06. The number of benzene rings is 1. The minimum Gasteiger partial charge on any atom is -0.476 e. The van der Waals surface area contributed by atoms with E-state index in [-0.39, 0.29) is 10.6 Å². The molecule has 2 aromatic rings. The first kappa shape index (κ1) is 14.2. The van der Waals surface area contributed by atoms with Crippen molar-refractivity contribution in [2.45, 2.75) is 4.90 Å². The molecule has 106 valence electrons. The number of carbonyl (C=O) groups is 1. The van der Waals surface area contributed by atoms with Crippen molar-refractivity contribution in [3.05, 3.63) is 42.5 Å². The third-order valence-corrected chi connectivity index (χ3v) is 4.57. The zero-order valence-corrected chi connectivity index (χ0v) is 11.7. The maximum atomic E-state index is 12.2. The van der Waals surface area contributed by atoms with E-state index in [2.05, 4.69) is 4.98 Å². The molecule has 0 radical (unpaired) electrons. The first-order valence-corrected chi connectivity index (χ1v) is 7.07. The highest BCUT2D eigenvalue weighted by atomic mass is 32.2. The van der Waals surface area contributed by atoms with Gasteiger partial charge in [0.05, 0.1) is 5.69 Å². The molecule has 7 nitrogen and oxygen atoms in total. The second-order valence-electron chi connectivity index (χ2n) is 4.23. The summed E-state index contributed by atoms with van der Waals surface area (Å²) in [6.07, 6.45) is 2.54. The van der Waals surface area contributed by atoms with E-state index in [1.807, 2.05) is 0 Å². The zero-order valence-electron chi connectivity index (χ0n) is 10.9. The van der Waals surface area contributed by atoms with Gasteiger partial charge in [-0.25, -0.2) is 22.5 Å². The van der Waals surface area contributed by atoms with Crippen molar-refractivity contribution in [1.82, 2.24) is 13.9 Å². The maximum Gasteiger partial charge on any atom is 0.356 e. The third kappa shape index (κ3) is 2.43. The lowest BCUT2D eigenvalue weighted by Crippen LogP contribution is -2.23. The van der Waals surface area contributed by atoms with E-state index in [0.29, 0.717) is 5.69 Å². The molecular weight excluding hydrogens is 282 g/mol. The lowest BCUT2D eigenvalue weighted by molar-refractivity contribution is 0.0691. The van der Waals surface area contributed by atoms with E-state index in [1.165, 1.54) is 37.3 Å². The van der Waals surface area contributed by atoms with E-state index >= 15 is 0 Å². The van der Waals surface area contributed by atoms with Crippen LogP contribution in [-0.2, 0) is 10.0 Å². The van der Waals surface area contributed by atoms with Crippen molar-refractivity contribution < 1.29 is 18.3 Å². The first-order valence-electron chi connectivity index (χ1n) is 5.63. The molecule has 0 atom stereocenters. The third-order valence-electron chi connectivity index (χ3n) is 2.70. The van der Waals surface area contributed by atoms with Crippen LogP contribution < -0.4 is 0 Å². The largest absolute Gasteiger partial charge is 0.476 e. The molecule has 0 aliphatic carbocycles. The molecule has 20 heavy (non-hydrogen) atoms. The average molecular weight is 295 g/mol. The fourth-order valence-corrected chi connectivity index (χ4v) is 2.73. The highest BCUT2D eigenvalue weighted by Gasteiger charge is 2.22. The Labute approximate surface area is 116 Å². The molecule has 0 aliphatic rings. The number of imidazole rings is 1. The Morgan fingerprint density at radius 2 is 1.95 bits per heavy atom. The average Bonchev–Trinajstić information content (AvgIpc) is 2.88. The molecule has 1 heterocycles. The van der Waals surface area contributed by atoms with E-state index in [9.17, 15) is 13.2 Å². The predicted molar refractivity (Wildman–Crippen MR) is 71.4 cm³/mol. The molecule has 8 heteroatoms. The Hall–Kier alpha value is -2.19. The van der Waals surface area contributed by atoms with Gasteiger partial charge in [-0.3, -0.25) is 0 Å². The van der Waals surface area contributed by atoms with Crippen LogP contribution in [0.1, 0.15) is 10.5 Å². The first-order chi connectivity index (χ1) is 9.34. The predicted octanol–water partition coefficient (Wildman–Crippen LogP) is 0.821. The Kier molecular flexibility index (Phi) is 3.60. The van der Waals surface area contributed by atoms with Crippen molar-refractivity contribution >= 4 is 16.0 Å². The van der Waals surface area contributed by atoms with Crippen LogP contribution in [0.4, 0.5) is 0 Å². The molecule has 0 unspecified atom stereocenters. The van der Waals surface area contributed by atoms with Gasteiger partial charge in [-0.2, -0.15) is 0 Å². The number of aromatic nitrogens is 2. The van der Waals surface area contributed by atoms with Crippen LogP contribution in [0.25, 0.3) is 5.69 Å². The van der Waals surface area contributed by atoms with Crippen LogP contribution in [0.15, 0.2) is 41.7 Å². The molecule has 0 aliphatic heterocycles. The Morgan fingerprint density at radius 1 is 1.30 bits per heavy atom. The Balaban J connectivity index is 2.61. The van der Waals surface area contributed by atoms with E-state index in [0.717, 1.165) is 4.31 Å². The fraction of sp³-hybridized carbons (Fsp3) is 0.167. The summed E-state index contributed by atoms with van der Waals surface area (Å²) in [7, 11) is -0.763. The standard InChI is InChI=1S/C12H13N3O4S/c1-14(2)20(18,19)11-6-4-3-5-10(11)15-7-9(12(16)17)13-8-15/h3-8H,1-2H3,(H,16,17). The maximum absolute atomic E-state index is 12.2. The number of nitrogens with zero attached hydrogens (tertiary/aromatic N) is 3. The van der Waals surface area contributed by atoms with Crippen molar-refractivity contribution in [2.24, 2.45) is 0 Å². The van der Waals surface area contributed by atoms with E-state index in [1.54, 1.807) is 18.2 Å². The molecule has 1 aromatic heterocycles. The van der Waals surface area contributed by atoms with Crippen LogP contribution in [0.2, 0.25) is 0 Å². The van der Waals surface area contributed by atoms with Gasteiger partial charge < -0.3 is 9.67 Å². The molecule has 1 N–H and O–H groups in total. The minimum absolute atomic E-state index is 0.0827. The van der Waals surface area contributed by atoms with Crippen molar-refractivity contribution in [2.75, 3.05) is 14.1 Å². The molecule has 0 spiro atoms. The number of sulfonamides is 1. The van der Waals surface area contributed by atoms with Crippen LogP contribution >= 0.6 is 0 Å². The van der Waals surface area contributed by atoms with Crippen LogP contribution in [-0.4, -0.2) is 47.4 Å². The summed E-state index contributed by atoms with van der Waals surface area (Å²) >= 11 is 0. The summed E-state index contributed by atoms with van der Waals surface area (Å²) in [6.45, 7) is 0. The zero-order chi connectivity index (χ0) is 14.9. The number of rotatable bonds is 4. The van der Waals surface area contributed by atoms with Crippen molar-refractivity contribution in [1.29, 1.82) is 0 Å². The SMILES string of the molecule is CN(C)S(=O)(=O)c1ccccc1-n1cnc(C(=O)O)c1. The highest BCUT2D eigenvalue weighted by molar-refractivity contribution is 7.89. The van der Waals surface area contributed by atoms with Gasteiger partial charge in [0.25, 0.3) is 0 Å². The van der Waals surface area contributed by atoms with Gasteiger partial charge in [-0.05, 0) is 12.1 Å². The fourth-order valence-electron chi connectivity index (χ4n) is 1.65. The smallest absolute Gasteiger partial charge is 0.356 e. The normalized spacial score (nSPS) is 11.8. The number of aromatic carboxylic acids is 1. The quantitative estimate of drug-likeness (QED) is 0.901. The summed E-state index contributed by atoms with van der Waals surface area (Å²) in [5.74, 6) is -1.17. The van der Waals surface area contributed by atoms with E-state index in [4.69, 9.17) is 5.11 Å². The number of para-hydroxylation sites is 1. The van der Waals surface area contributed by atoms with Gasteiger partial charge in [-0.1, -0.05) is 12.1 Å². The molecule has 0 fully saturated rings. The van der Waals surface area contributed by atoms with E-state index < -0.39 is 16.0 Å². The van der Waals surface area contributed by atoms with Gasteiger partial charge in [0.1, 0.15) is 11.2 Å². The van der Waals surface area contributed by atoms with Crippen LogP contribution in [0.3, 0.4) is 0 Å². The lowest BCUT2D eigenvalue weighted by atomic mass is 10.3. The summed E-state index contributed by atoms with van der Waals surface area (Å²) in [4.78, 5) is 14.6. The molecular formula is C12H13N3O4S. The molecule has 0 saturated carbocycles. The topological polar surface area (TPSA) is 92.5 Å². The van der Waals surface area contributed by atoms with Gasteiger partial charge >= 0.3 is 5.97 Å². The molecule has 0 saturated heterocycles. The number of hydrogen-bond donors (Lipinski definition) is 1. The lowest BCUT2D eigenvalue weighted by Gasteiger charge is -2.15. The summed E-state index contributed by atoms with van der Waals surface area (Å²) in [5.41, 5.74) is 0.197. The number of carboxylic acid groups (broad SMARTS) is 1. The summed E-state index contributed by atoms with van der Waals surface area (Å²) in [5, 5.41) is 8.86. The molecule has 2 rings (SSSR count). The Bertz CT molecular complexity index is 750. The summed E-state index contributed by atoms with van der Waals surface area (Å²) in [6, 6.07) is 6.33. The van der Waals surface area contributed by atoms with Crippen molar-refractivity contribution in [3.63, 3.8) is 0 Å². The molecule has 0 bridgehead atoms. The highest BCUT2D eigenvalue weighted by Crippen LogP contribution is 2.22. The van der Waals surface area contributed by atoms with Crippen molar-refractivity contribution in [3.8, 4) is 5.69 Å². The number of hydrogen-bond acceptors (Lipinski definition) is 4. The molecule has 1 aromatic carbocycles. The Morgan fingerprint density at radius 3 is 2.50 bits per heavy atom. The monoisotopic (exact) mass is 295 g/mol. The van der Waals surface area contributed by atoms with Gasteiger partial charge in [0.2, 0.25) is 10.0 Å². The number of carboxylic acids is 1. The van der Waals surface area contributed by atoms with Crippen LogP contribution in [0, 0.1) is 0 Å². The molecule has 0 amide bonds. The van der Waals surface area contributed by atoms with Gasteiger partial charge in [0.15, 0.2) is 5.69 Å².